The Morgan fingerprint density at radius 2 is 2.04 bits per heavy atom. The fraction of sp³-hybridized carbons (Fsp3) is 0.222. The van der Waals surface area contributed by atoms with Crippen LogP contribution in [0.2, 0.25) is 0 Å². The van der Waals surface area contributed by atoms with E-state index in [1.807, 2.05) is 48.7 Å². The van der Waals surface area contributed by atoms with Crippen molar-refractivity contribution < 1.29 is 4.74 Å². The van der Waals surface area contributed by atoms with Crippen molar-refractivity contribution in [1.82, 2.24) is 25.3 Å². The minimum atomic E-state index is 0.360. The van der Waals surface area contributed by atoms with Crippen LogP contribution in [0.1, 0.15) is 11.4 Å². The molecule has 1 aromatic carbocycles. The largest absolute Gasteiger partial charge is 0.497 e. The first kappa shape index (κ1) is 17.4. The summed E-state index contributed by atoms with van der Waals surface area (Å²) in [4.78, 5) is 8.55. The number of aromatic nitrogens is 4. The number of pyridine rings is 1. The molecule has 0 unspecified atom stereocenters. The van der Waals surface area contributed by atoms with E-state index >= 15 is 0 Å². The van der Waals surface area contributed by atoms with Gasteiger partial charge in [0, 0.05) is 24.9 Å². The minimum absolute atomic E-state index is 0.360. The van der Waals surface area contributed by atoms with Gasteiger partial charge in [-0.3, -0.25) is 4.98 Å². The van der Waals surface area contributed by atoms with Crippen LogP contribution in [-0.4, -0.2) is 39.6 Å². The van der Waals surface area contributed by atoms with Crippen LogP contribution >= 0.6 is 0 Å². The molecule has 3 aromatic rings. The third-order valence-electron chi connectivity index (χ3n) is 3.70. The summed E-state index contributed by atoms with van der Waals surface area (Å²) in [5.74, 6) is 1.17. The molecule has 0 bridgehead atoms. The second-order valence-corrected chi connectivity index (χ2v) is 5.55. The summed E-state index contributed by atoms with van der Waals surface area (Å²) in [6, 6.07) is 13.4. The smallest absolute Gasteiger partial charge is 0.188 e. The molecule has 0 saturated carbocycles. The van der Waals surface area contributed by atoms with Gasteiger partial charge in [0.05, 0.1) is 25.5 Å². The van der Waals surface area contributed by atoms with Gasteiger partial charge in [-0.2, -0.15) is 0 Å². The van der Waals surface area contributed by atoms with Gasteiger partial charge >= 0.3 is 0 Å². The van der Waals surface area contributed by atoms with E-state index in [9.17, 15) is 0 Å². The number of nitrogens with two attached hydrogens (primary N) is 1. The van der Waals surface area contributed by atoms with Crippen molar-refractivity contribution in [3.63, 3.8) is 0 Å². The van der Waals surface area contributed by atoms with E-state index in [1.54, 1.807) is 18.0 Å². The molecule has 8 nitrogen and oxygen atoms in total. The van der Waals surface area contributed by atoms with Gasteiger partial charge in [0.15, 0.2) is 5.96 Å². The monoisotopic (exact) mass is 351 g/mol. The van der Waals surface area contributed by atoms with Crippen LogP contribution in [0.4, 0.5) is 0 Å². The van der Waals surface area contributed by atoms with E-state index in [1.165, 1.54) is 0 Å². The molecule has 0 atom stereocenters. The number of nitrogens with one attached hydrogen (secondary N) is 1. The zero-order chi connectivity index (χ0) is 18.2. The highest BCUT2D eigenvalue weighted by atomic mass is 16.5. The van der Waals surface area contributed by atoms with E-state index in [0.717, 1.165) is 29.2 Å². The van der Waals surface area contributed by atoms with Gasteiger partial charge in [0.25, 0.3) is 0 Å². The lowest BCUT2D eigenvalue weighted by Crippen LogP contribution is -2.33. The SMILES string of the molecule is COc1ccc(-n2cc(CN=C(N)NCCc3ccccn3)nn2)cc1. The first-order valence-electron chi connectivity index (χ1n) is 8.24. The molecule has 3 rings (SSSR count). The average molecular weight is 351 g/mol. The van der Waals surface area contributed by atoms with Gasteiger partial charge in [-0.15, -0.1) is 5.10 Å². The Morgan fingerprint density at radius 3 is 2.77 bits per heavy atom. The molecule has 0 radical (unpaired) electrons. The normalized spacial score (nSPS) is 11.3. The fourth-order valence-corrected chi connectivity index (χ4v) is 2.32. The predicted molar refractivity (Wildman–Crippen MR) is 99.2 cm³/mol. The molecule has 26 heavy (non-hydrogen) atoms. The highest BCUT2D eigenvalue weighted by Crippen LogP contribution is 2.14. The Labute approximate surface area is 151 Å². The second-order valence-electron chi connectivity index (χ2n) is 5.55. The number of nitrogens with zero attached hydrogens (tertiary/aromatic N) is 5. The van der Waals surface area contributed by atoms with Crippen LogP contribution in [0.3, 0.4) is 0 Å². The van der Waals surface area contributed by atoms with E-state index in [-0.39, 0.29) is 0 Å². The summed E-state index contributed by atoms with van der Waals surface area (Å²) in [7, 11) is 1.63. The summed E-state index contributed by atoms with van der Waals surface area (Å²) in [5.41, 5.74) is 8.52. The summed E-state index contributed by atoms with van der Waals surface area (Å²) >= 11 is 0. The van der Waals surface area contributed by atoms with Gasteiger partial charge in [-0.25, -0.2) is 9.67 Å². The molecule has 0 saturated heterocycles. The molecule has 2 aromatic heterocycles. The maximum absolute atomic E-state index is 5.89. The van der Waals surface area contributed by atoms with E-state index in [0.29, 0.717) is 19.0 Å². The van der Waals surface area contributed by atoms with Crippen molar-refractivity contribution >= 4 is 5.96 Å². The molecule has 0 spiro atoms. The second kappa shape index (κ2) is 8.61. The number of benzene rings is 1. The number of aliphatic imine (C=N–C) groups is 1. The van der Waals surface area contributed by atoms with Crippen LogP contribution in [0.5, 0.6) is 5.75 Å². The van der Waals surface area contributed by atoms with Crippen molar-refractivity contribution in [2.45, 2.75) is 13.0 Å². The van der Waals surface area contributed by atoms with Crippen molar-refractivity contribution in [1.29, 1.82) is 0 Å². The molecule has 2 heterocycles. The third-order valence-corrected chi connectivity index (χ3v) is 3.70. The van der Waals surface area contributed by atoms with Crippen molar-refractivity contribution in [3.05, 3.63) is 66.2 Å². The maximum Gasteiger partial charge on any atom is 0.188 e. The zero-order valence-corrected chi connectivity index (χ0v) is 14.5. The lowest BCUT2D eigenvalue weighted by molar-refractivity contribution is 0.414. The summed E-state index contributed by atoms with van der Waals surface area (Å²) in [5, 5.41) is 11.3. The van der Waals surface area contributed by atoms with Gasteiger partial charge < -0.3 is 15.8 Å². The van der Waals surface area contributed by atoms with Gasteiger partial charge in [0.2, 0.25) is 0 Å². The molecule has 0 aliphatic carbocycles. The molecule has 3 N–H and O–H groups in total. The number of hydrogen-bond acceptors (Lipinski definition) is 5. The van der Waals surface area contributed by atoms with Crippen molar-refractivity contribution in [2.75, 3.05) is 13.7 Å². The highest BCUT2D eigenvalue weighted by molar-refractivity contribution is 5.77. The van der Waals surface area contributed by atoms with Crippen LogP contribution in [0, 0.1) is 0 Å². The molecule has 8 heteroatoms. The topological polar surface area (TPSA) is 103 Å². The average Bonchev–Trinajstić information content (AvgIpc) is 3.16. The Kier molecular flexibility index (Phi) is 5.76. The molecule has 0 aliphatic heterocycles. The maximum atomic E-state index is 5.89. The summed E-state index contributed by atoms with van der Waals surface area (Å²) in [6.07, 6.45) is 4.39. The number of ether oxygens (including phenoxy) is 1. The van der Waals surface area contributed by atoms with E-state index in [2.05, 4.69) is 25.6 Å². The fourth-order valence-electron chi connectivity index (χ4n) is 2.32. The molecule has 0 amide bonds. The Morgan fingerprint density at radius 1 is 1.19 bits per heavy atom. The van der Waals surface area contributed by atoms with Gasteiger partial charge in [-0.1, -0.05) is 11.3 Å². The van der Waals surface area contributed by atoms with Crippen LogP contribution in [0.15, 0.2) is 59.9 Å². The van der Waals surface area contributed by atoms with Crippen molar-refractivity contribution in [2.24, 2.45) is 10.7 Å². The van der Waals surface area contributed by atoms with Crippen molar-refractivity contribution in [3.8, 4) is 11.4 Å². The minimum Gasteiger partial charge on any atom is -0.497 e. The van der Waals surface area contributed by atoms with Crippen LogP contribution in [0.25, 0.3) is 5.69 Å². The molecule has 134 valence electrons. The zero-order valence-electron chi connectivity index (χ0n) is 14.5. The number of guanidine groups is 1. The number of hydrogen-bond donors (Lipinski definition) is 2. The lowest BCUT2D eigenvalue weighted by Gasteiger charge is -2.04. The first-order chi connectivity index (χ1) is 12.7. The quantitative estimate of drug-likeness (QED) is 0.491. The lowest BCUT2D eigenvalue weighted by atomic mass is 10.3. The Bertz CT molecular complexity index is 843. The molecule has 0 fully saturated rings. The summed E-state index contributed by atoms with van der Waals surface area (Å²) in [6.45, 7) is 1.03. The highest BCUT2D eigenvalue weighted by Gasteiger charge is 2.03. The number of rotatable bonds is 7. The van der Waals surface area contributed by atoms with Gasteiger partial charge in [0.1, 0.15) is 11.4 Å². The Balaban J connectivity index is 1.50. The van der Waals surface area contributed by atoms with Crippen LogP contribution < -0.4 is 15.8 Å². The predicted octanol–water partition coefficient (Wildman–Crippen LogP) is 1.32. The van der Waals surface area contributed by atoms with E-state index < -0.39 is 0 Å². The summed E-state index contributed by atoms with van der Waals surface area (Å²) < 4.78 is 6.84. The molecule has 0 aliphatic rings. The van der Waals surface area contributed by atoms with Gasteiger partial charge in [-0.05, 0) is 36.4 Å². The first-order valence-corrected chi connectivity index (χ1v) is 8.24. The molecular weight excluding hydrogens is 330 g/mol. The third kappa shape index (κ3) is 4.79. The molecular formula is C18H21N7O. The number of methoxy groups -OCH3 is 1. The van der Waals surface area contributed by atoms with E-state index in [4.69, 9.17) is 10.5 Å². The Hall–Kier alpha value is -3.42. The standard InChI is InChI=1S/C18H21N7O/c1-26-17-7-5-16(6-8-17)25-13-15(23-24-25)12-22-18(19)21-11-9-14-4-2-3-10-20-14/h2-8,10,13H,9,11-12H2,1H3,(H3,19,21,22). The van der Waals surface area contributed by atoms with Crippen LogP contribution in [-0.2, 0) is 13.0 Å².